The van der Waals surface area contributed by atoms with Gasteiger partial charge in [0, 0.05) is 11.0 Å². The van der Waals surface area contributed by atoms with Gasteiger partial charge in [-0.25, -0.2) is 0 Å². The Bertz CT molecular complexity index is 166. The summed E-state index contributed by atoms with van der Waals surface area (Å²) in [6.45, 7) is 2.04. The van der Waals surface area contributed by atoms with E-state index in [0.717, 1.165) is 5.75 Å². The zero-order valence-corrected chi connectivity index (χ0v) is 13.7. The molecule has 0 aromatic carbocycles. The van der Waals surface area contributed by atoms with Gasteiger partial charge >= 0.3 is 19.5 Å². The fraction of sp³-hybridized carbons (Fsp3) is 0.600. The minimum atomic E-state index is 0. The first-order valence-electron chi connectivity index (χ1n) is 2.90. The molecule has 0 amide bonds. The van der Waals surface area contributed by atoms with Gasteiger partial charge in [0.25, 0.3) is 0 Å². The Morgan fingerprint density at radius 2 is 1.77 bits per heavy atom. The zero-order valence-electron chi connectivity index (χ0n) is 7.49. The van der Waals surface area contributed by atoms with Crippen LogP contribution in [0.25, 0.3) is 0 Å². The van der Waals surface area contributed by atoms with Gasteiger partial charge in [-0.15, -0.1) is 0 Å². The predicted octanol–water partition coefficient (Wildman–Crippen LogP) is 1.49. The van der Waals surface area contributed by atoms with Crippen molar-refractivity contribution in [1.29, 1.82) is 0 Å². The molecule has 0 radical (unpaired) electrons. The van der Waals surface area contributed by atoms with Gasteiger partial charge in [0.15, 0.2) is 0 Å². The molecule has 0 saturated carbocycles. The smallest absolute Gasteiger partial charge is 0.385 e. The monoisotopic (exact) mass is 307 g/mol. The van der Waals surface area contributed by atoms with Crippen molar-refractivity contribution in [3.05, 3.63) is 0 Å². The second kappa shape index (κ2) is 11.1. The van der Waals surface area contributed by atoms with Crippen molar-refractivity contribution in [3.8, 4) is 0 Å². The van der Waals surface area contributed by atoms with E-state index >= 15 is 0 Å². The van der Waals surface area contributed by atoms with Gasteiger partial charge in [-0.1, -0.05) is 54.9 Å². The summed E-state index contributed by atoms with van der Waals surface area (Å²) in [6, 6.07) is 0. The summed E-state index contributed by atoms with van der Waals surface area (Å²) in [7, 11) is 0. The SMILES string of the molecule is CC(CSC(N)=S)SC(N)=S.N.[Zn+2]. The van der Waals surface area contributed by atoms with Crippen molar-refractivity contribution in [2.75, 3.05) is 5.75 Å². The molecule has 0 spiro atoms. The maximum Gasteiger partial charge on any atom is 2.00 e. The van der Waals surface area contributed by atoms with E-state index in [1.807, 2.05) is 6.92 Å². The van der Waals surface area contributed by atoms with Gasteiger partial charge in [0.2, 0.25) is 0 Å². The van der Waals surface area contributed by atoms with Crippen LogP contribution in [0.5, 0.6) is 0 Å². The molecule has 13 heavy (non-hydrogen) atoms. The molecule has 0 aliphatic rings. The van der Waals surface area contributed by atoms with E-state index in [2.05, 4.69) is 0 Å². The second-order valence-electron chi connectivity index (χ2n) is 1.88. The van der Waals surface area contributed by atoms with Gasteiger partial charge in [-0.2, -0.15) is 0 Å². The molecule has 1 unspecified atom stereocenters. The number of hydrogen-bond donors (Lipinski definition) is 3. The van der Waals surface area contributed by atoms with Crippen molar-refractivity contribution in [2.45, 2.75) is 12.2 Å². The Kier molecular flexibility index (Phi) is 16.8. The van der Waals surface area contributed by atoms with E-state index in [1.54, 1.807) is 0 Å². The molecule has 0 heterocycles. The summed E-state index contributed by atoms with van der Waals surface area (Å²) in [6.07, 6.45) is 0. The van der Waals surface area contributed by atoms with E-state index in [-0.39, 0.29) is 25.6 Å². The summed E-state index contributed by atoms with van der Waals surface area (Å²) in [4.78, 5) is 0. The van der Waals surface area contributed by atoms with Crippen LogP contribution >= 0.6 is 48.0 Å². The van der Waals surface area contributed by atoms with Crippen LogP contribution < -0.4 is 17.6 Å². The average Bonchev–Trinajstić information content (AvgIpc) is 1.82. The second-order valence-corrected chi connectivity index (χ2v) is 5.82. The number of nitrogens with two attached hydrogens (primary N) is 2. The largest absolute Gasteiger partial charge is 2.00 e. The molecule has 0 saturated heterocycles. The van der Waals surface area contributed by atoms with E-state index in [4.69, 9.17) is 35.9 Å². The summed E-state index contributed by atoms with van der Waals surface area (Å²) in [5.74, 6) is 0.858. The molecule has 0 fully saturated rings. The molecule has 0 aromatic rings. The topological polar surface area (TPSA) is 87.0 Å². The van der Waals surface area contributed by atoms with E-state index < -0.39 is 0 Å². The maximum atomic E-state index is 5.32. The fourth-order valence-corrected chi connectivity index (χ4v) is 2.40. The van der Waals surface area contributed by atoms with Gasteiger partial charge < -0.3 is 17.6 Å². The molecule has 7 N–H and O–H groups in total. The third kappa shape index (κ3) is 15.8. The fourth-order valence-electron chi connectivity index (χ4n) is 0.432. The van der Waals surface area contributed by atoms with Crippen molar-refractivity contribution < 1.29 is 19.5 Å². The zero-order chi connectivity index (χ0) is 8.85. The number of thiocarbonyl (C=S) groups is 2. The van der Waals surface area contributed by atoms with Crippen molar-refractivity contribution in [2.24, 2.45) is 11.5 Å². The predicted molar refractivity (Wildman–Crippen MR) is 68.1 cm³/mol. The molecule has 0 aromatic heterocycles. The van der Waals surface area contributed by atoms with Gasteiger partial charge in [-0.3, -0.25) is 0 Å². The average molecular weight is 309 g/mol. The van der Waals surface area contributed by atoms with Crippen molar-refractivity contribution in [3.63, 3.8) is 0 Å². The Labute approximate surface area is 111 Å². The third-order valence-electron chi connectivity index (χ3n) is 0.778. The molecule has 0 aliphatic heterocycles. The van der Waals surface area contributed by atoms with E-state index in [0.29, 0.717) is 13.9 Å². The Hall–Kier alpha value is 1.06. The summed E-state index contributed by atoms with van der Waals surface area (Å²) in [5, 5.41) is 0.374. The number of hydrogen-bond acceptors (Lipinski definition) is 5. The molecular weight excluding hydrogens is 296 g/mol. The number of thioether (sulfide) groups is 2. The van der Waals surface area contributed by atoms with Crippen LogP contribution in [0.1, 0.15) is 6.92 Å². The molecule has 1 atom stereocenters. The summed E-state index contributed by atoms with van der Waals surface area (Å²) < 4.78 is 0.946. The Balaban J connectivity index is -0.000000500. The minimum Gasteiger partial charge on any atom is -0.385 e. The summed E-state index contributed by atoms with van der Waals surface area (Å²) in [5.41, 5.74) is 10.6. The van der Waals surface area contributed by atoms with Crippen LogP contribution in [-0.4, -0.2) is 19.6 Å². The summed E-state index contributed by atoms with van der Waals surface area (Å²) >= 11 is 12.3. The van der Waals surface area contributed by atoms with Crippen molar-refractivity contribution >= 4 is 56.6 Å². The first-order chi connectivity index (χ1) is 5.02. The number of rotatable bonds is 3. The van der Waals surface area contributed by atoms with Gasteiger partial charge in [-0.05, 0) is 0 Å². The van der Waals surface area contributed by atoms with E-state index in [9.17, 15) is 0 Å². The molecule has 0 aliphatic carbocycles. The molecule has 3 nitrogen and oxygen atoms in total. The third-order valence-corrected chi connectivity index (χ3v) is 3.38. The normalized spacial score (nSPS) is 10.5. The molecular formula is C5H13N3S4Zn+2. The van der Waals surface area contributed by atoms with Crippen LogP contribution in [0.15, 0.2) is 0 Å². The van der Waals surface area contributed by atoms with Crippen LogP contribution in [0, 0.1) is 0 Å². The minimum absolute atomic E-state index is 0. The van der Waals surface area contributed by atoms with Gasteiger partial charge in [0.05, 0.1) is 0 Å². The molecule has 0 bridgehead atoms. The first-order valence-corrected chi connectivity index (χ1v) is 5.59. The van der Waals surface area contributed by atoms with Crippen LogP contribution in [0.4, 0.5) is 0 Å². The molecule has 72 valence electrons. The molecule has 8 heteroatoms. The van der Waals surface area contributed by atoms with Crippen LogP contribution in [0.3, 0.4) is 0 Å². The quantitative estimate of drug-likeness (QED) is 0.538. The van der Waals surface area contributed by atoms with Crippen LogP contribution in [0.2, 0.25) is 0 Å². The first kappa shape index (κ1) is 19.6. The van der Waals surface area contributed by atoms with Crippen LogP contribution in [-0.2, 0) is 19.5 Å². The maximum absolute atomic E-state index is 5.32. The Morgan fingerprint density at radius 3 is 2.08 bits per heavy atom. The molecule has 0 rings (SSSR count). The van der Waals surface area contributed by atoms with E-state index in [1.165, 1.54) is 23.5 Å². The van der Waals surface area contributed by atoms with Crippen molar-refractivity contribution in [1.82, 2.24) is 6.15 Å². The Morgan fingerprint density at radius 1 is 1.31 bits per heavy atom. The van der Waals surface area contributed by atoms with Gasteiger partial charge in [0.1, 0.15) is 8.64 Å². The standard InChI is InChI=1S/C5H10N2S4.H3N.Zn/c1-3(11-5(7)9)2-10-4(6)8;;/h3H,2H2,1H3,(H2,6,8)(H2,7,9);1H3;/q;;+2.